The molecule has 0 aliphatic heterocycles. The van der Waals surface area contributed by atoms with Gasteiger partial charge in [-0.1, -0.05) is 23.1 Å². The molecule has 92 valence electrons. The van der Waals surface area contributed by atoms with Gasteiger partial charge in [0.05, 0.1) is 6.07 Å². The van der Waals surface area contributed by atoms with E-state index in [1.165, 1.54) is 35.2 Å². The maximum absolute atomic E-state index is 12.7. The van der Waals surface area contributed by atoms with Crippen LogP contribution in [0.2, 0.25) is 0 Å². The number of hydrogen-bond acceptors (Lipinski definition) is 6. The van der Waals surface area contributed by atoms with Crippen LogP contribution in [-0.2, 0) is 0 Å². The van der Waals surface area contributed by atoms with Crippen molar-refractivity contribution < 1.29 is 4.39 Å². The number of aromatic nitrogens is 2. The van der Waals surface area contributed by atoms with Crippen LogP contribution in [0.15, 0.2) is 28.6 Å². The summed E-state index contributed by atoms with van der Waals surface area (Å²) in [4.78, 5) is 0. The van der Waals surface area contributed by atoms with Gasteiger partial charge in [0.1, 0.15) is 5.82 Å². The summed E-state index contributed by atoms with van der Waals surface area (Å²) in [6, 6.07) is 8.11. The third-order valence-corrected chi connectivity index (χ3v) is 3.92. The van der Waals surface area contributed by atoms with Gasteiger partial charge in [-0.15, -0.1) is 10.2 Å². The van der Waals surface area contributed by atoms with E-state index in [1.54, 1.807) is 12.1 Å². The van der Waals surface area contributed by atoms with E-state index in [-0.39, 0.29) is 5.82 Å². The van der Waals surface area contributed by atoms with Gasteiger partial charge in [0.25, 0.3) is 0 Å². The number of benzene rings is 1. The molecule has 2 rings (SSSR count). The quantitative estimate of drug-likeness (QED) is 0.671. The lowest BCUT2D eigenvalue weighted by molar-refractivity contribution is 0.628. The monoisotopic (exact) mass is 280 g/mol. The normalized spacial score (nSPS) is 10.0. The Morgan fingerprint density at radius 2 is 2.11 bits per heavy atom. The molecule has 7 heteroatoms. The zero-order valence-electron chi connectivity index (χ0n) is 9.26. The van der Waals surface area contributed by atoms with Crippen molar-refractivity contribution in [2.75, 3.05) is 11.1 Å². The maximum Gasteiger partial charge on any atom is 0.210 e. The molecule has 0 spiro atoms. The summed E-state index contributed by atoms with van der Waals surface area (Å²) in [7, 11) is 0. The third-order valence-electron chi connectivity index (χ3n) is 1.94. The predicted octanol–water partition coefficient (Wildman–Crippen LogP) is 3.43. The highest BCUT2D eigenvalue weighted by molar-refractivity contribution is 8.01. The molecular formula is C11H9FN4S2. The molecule has 0 saturated carbocycles. The maximum atomic E-state index is 12.7. The summed E-state index contributed by atoms with van der Waals surface area (Å²) >= 11 is 2.91. The molecule has 1 aromatic heterocycles. The Kier molecular flexibility index (Phi) is 4.50. The number of hydrogen-bond donors (Lipinski definition) is 1. The molecule has 1 heterocycles. The van der Waals surface area contributed by atoms with Crippen LogP contribution >= 0.6 is 23.1 Å². The SMILES string of the molecule is N#CCCSc1nnc(Nc2ccc(F)cc2)s1. The molecule has 0 fully saturated rings. The first-order chi connectivity index (χ1) is 8.78. The van der Waals surface area contributed by atoms with Crippen molar-refractivity contribution in [3.63, 3.8) is 0 Å². The van der Waals surface area contributed by atoms with Crippen molar-refractivity contribution in [2.45, 2.75) is 10.8 Å². The fourth-order valence-electron chi connectivity index (χ4n) is 1.16. The molecule has 1 N–H and O–H groups in total. The lowest BCUT2D eigenvalue weighted by atomic mass is 10.3. The molecule has 0 amide bonds. The van der Waals surface area contributed by atoms with Crippen LogP contribution in [-0.4, -0.2) is 16.0 Å². The summed E-state index contributed by atoms with van der Waals surface area (Å²) in [6.07, 6.45) is 0.491. The topological polar surface area (TPSA) is 61.6 Å². The van der Waals surface area contributed by atoms with Gasteiger partial charge in [0.2, 0.25) is 5.13 Å². The van der Waals surface area contributed by atoms with Crippen LogP contribution in [0.4, 0.5) is 15.2 Å². The number of halogens is 1. The van der Waals surface area contributed by atoms with Crippen LogP contribution in [0.25, 0.3) is 0 Å². The Labute approximate surface area is 112 Å². The second kappa shape index (κ2) is 6.33. The summed E-state index contributed by atoms with van der Waals surface area (Å²) in [6.45, 7) is 0. The molecule has 0 unspecified atom stereocenters. The first-order valence-electron chi connectivity index (χ1n) is 5.14. The molecule has 0 saturated heterocycles. The second-order valence-electron chi connectivity index (χ2n) is 3.26. The second-order valence-corrected chi connectivity index (χ2v) is 5.58. The largest absolute Gasteiger partial charge is 0.330 e. The van der Waals surface area contributed by atoms with Gasteiger partial charge in [0, 0.05) is 17.9 Å². The Morgan fingerprint density at radius 3 is 2.83 bits per heavy atom. The van der Waals surface area contributed by atoms with Crippen molar-refractivity contribution in [3.8, 4) is 6.07 Å². The molecule has 1 aromatic carbocycles. The van der Waals surface area contributed by atoms with Crippen molar-refractivity contribution in [3.05, 3.63) is 30.1 Å². The average molecular weight is 280 g/mol. The highest BCUT2D eigenvalue weighted by Crippen LogP contribution is 2.27. The van der Waals surface area contributed by atoms with Gasteiger partial charge >= 0.3 is 0 Å². The van der Waals surface area contributed by atoms with Crippen LogP contribution in [0, 0.1) is 17.1 Å². The van der Waals surface area contributed by atoms with E-state index in [1.807, 2.05) is 0 Å². The van der Waals surface area contributed by atoms with E-state index >= 15 is 0 Å². The van der Waals surface area contributed by atoms with Gasteiger partial charge in [-0.3, -0.25) is 0 Å². The number of anilines is 2. The van der Waals surface area contributed by atoms with Crippen LogP contribution in [0.3, 0.4) is 0 Å². The summed E-state index contributed by atoms with van der Waals surface area (Å²) in [5.74, 6) is 0.437. The van der Waals surface area contributed by atoms with E-state index in [9.17, 15) is 4.39 Å². The summed E-state index contributed by atoms with van der Waals surface area (Å²) in [5.41, 5.74) is 0.765. The Balaban J connectivity index is 1.94. The number of nitrogens with one attached hydrogen (secondary N) is 1. The molecule has 0 atom stereocenters. The number of nitriles is 1. The predicted molar refractivity (Wildman–Crippen MR) is 70.5 cm³/mol. The van der Waals surface area contributed by atoms with E-state index in [4.69, 9.17) is 5.26 Å². The standard InChI is InChI=1S/C11H9FN4S2/c12-8-2-4-9(5-3-8)14-10-15-16-11(18-10)17-7-1-6-13/h2-5H,1,7H2,(H,14,15). The average Bonchev–Trinajstić information content (AvgIpc) is 2.80. The third kappa shape index (κ3) is 3.68. The van der Waals surface area contributed by atoms with Crippen molar-refractivity contribution in [1.29, 1.82) is 5.26 Å². The highest BCUT2D eigenvalue weighted by atomic mass is 32.2. The van der Waals surface area contributed by atoms with Crippen molar-refractivity contribution in [2.24, 2.45) is 0 Å². The van der Waals surface area contributed by atoms with Gasteiger partial charge in [-0.25, -0.2) is 4.39 Å². The minimum Gasteiger partial charge on any atom is -0.330 e. The number of thioether (sulfide) groups is 1. The van der Waals surface area contributed by atoms with E-state index in [0.717, 1.165) is 10.0 Å². The molecule has 2 aromatic rings. The van der Waals surface area contributed by atoms with E-state index < -0.39 is 0 Å². The van der Waals surface area contributed by atoms with Gasteiger partial charge in [-0.2, -0.15) is 5.26 Å². The molecule has 0 aliphatic rings. The fourth-order valence-corrected chi connectivity index (χ4v) is 2.85. The zero-order valence-corrected chi connectivity index (χ0v) is 10.9. The van der Waals surface area contributed by atoms with Gasteiger partial charge in [-0.05, 0) is 24.3 Å². The lowest BCUT2D eigenvalue weighted by Crippen LogP contribution is -1.89. The van der Waals surface area contributed by atoms with Crippen molar-refractivity contribution in [1.82, 2.24) is 10.2 Å². The molecule has 4 nitrogen and oxygen atoms in total. The zero-order chi connectivity index (χ0) is 12.8. The van der Waals surface area contributed by atoms with Crippen LogP contribution in [0.1, 0.15) is 6.42 Å². The smallest absolute Gasteiger partial charge is 0.210 e. The Hall–Kier alpha value is -1.65. The summed E-state index contributed by atoms with van der Waals surface area (Å²) in [5, 5.41) is 20.1. The molecule has 18 heavy (non-hydrogen) atoms. The minimum atomic E-state index is -0.273. The van der Waals surface area contributed by atoms with Gasteiger partial charge in [0.15, 0.2) is 4.34 Å². The Morgan fingerprint density at radius 1 is 1.33 bits per heavy atom. The molecular weight excluding hydrogens is 271 g/mol. The minimum absolute atomic E-state index is 0.273. The van der Waals surface area contributed by atoms with Gasteiger partial charge < -0.3 is 5.32 Å². The first-order valence-corrected chi connectivity index (χ1v) is 6.94. The fraction of sp³-hybridized carbons (Fsp3) is 0.182. The molecule has 0 aliphatic carbocycles. The Bertz CT molecular complexity index is 547. The number of rotatable bonds is 5. The van der Waals surface area contributed by atoms with E-state index in [2.05, 4.69) is 21.6 Å². The summed E-state index contributed by atoms with van der Waals surface area (Å²) < 4.78 is 13.5. The molecule has 0 bridgehead atoms. The lowest BCUT2D eigenvalue weighted by Gasteiger charge is -2.00. The highest BCUT2D eigenvalue weighted by Gasteiger charge is 2.04. The van der Waals surface area contributed by atoms with E-state index in [0.29, 0.717) is 17.3 Å². The number of nitrogens with zero attached hydrogens (tertiary/aromatic N) is 3. The van der Waals surface area contributed by atoms with Crippen LogP contribution < -0.4 is 5.32 Å². The van der Waals surface area contributed by atoms with Crippen LogP contribution in [0.5, 0.6) is 0 Å². The molecule has 0 radical (unpaired) electrons. The first kappa shape index (κ1) is 12.8. The van der Waals surface area contributed by atoms with Crippen molar-refractivity contribution >= 4 is 33.9 Å².